The smallest absolute Gasteiger partial charge is 0.363 e. The molecule has 0 aromatic heterocycles. The Bertz CT molecular complexity index is 1040. The van der Waals surface area contributed by atoms with Crippen LogP contribution in [0.3, 0.4) is 0 Å². The van der Waals surface area contributed by atoms with Gasteiger partial charge in [-0.2, -0.15) is 0 Å². The molecular formula is C19H18N2O4S. The van der Waals surface area contributed by atoms with Gasteiger partial charge >= 0.3 is 5.97 Å². The molecular weight excluding hydrogens is 352 g/mol. The number of ether oxygens (including phenoxy) is 1. The van der Waals surface area contributed by atoms with E-state index in [1.54, 1.807) is 18.2 Å². The maximum Gasteiger partial charge on any atom is 0.363 e. The van der Waals surface area contributed by atoms with Crippen LogP contribution in [0.1, 0.15) is 16.7 Å². The lowest BCUT2D eigenvalue weighted by Gasteiger charge is -2.11. The van der Waals surface area contributed by atoms with Crippen LogP contribution in [0.4, 0.5) is 0 Å². The number of aryl methyl sites for hydroxylation is 1. The van der Waals surface area contributed by atoms with E-state index < -0.39 is 16.0 Å². The number of hydrogen-bond acceptors (Lipinski definition) is 5. The van der Waals surface area contributed by atoms with Gasteiger partial charge in [0.25, 0.3) is 0 Å². The first kappa shape index (κ1) is 18.0. The normalized spacial score (nSPS) is 16.1. The molecule has 0 bridgehead atoms. The van der Waals surface area contributed by atoms with E-state index in [2.05, 4.69) is 4.99 Å². The zero-order valence-electron chi connectivity index (χ0n) is 14.6. The first-order valence-corrected chi connectivity index (χ1v) is 9.33. The number of benzene rings is 2. The van der Waals surface area contributed by atoms with E-state index in [9.17, 15) is 13.2 Å². The highest BCUT2D eigenvalue weighted by Gasteiger charge is 2.26. The highest BCUT2D eigenvalue weighted by molar-refractivity contribution is 7.89. The zero-order chi connectivity index (χ0) is 18.9. The molecule has 0 saturated carbocycles. The third-order valence-electron chi connectivity index (χ3n) is 3.83. The van der Waals surface area contributed by atoms with Crippen molar-refractivity contribution in [3.63, 3.8) is 0 Å². The van der Waals surface area contributed by atoms with E-state index in [1.165, 1.54) is 26.2 Å². The minimum atomic E-state index is -3.59. The van der Waals surface area contributed by atoms with Gasteiger partial charge in [-0.15, -0.1) is 0 Å². The topological polar surface area (TPSA) is 76.0 Å². The number of carbonyl (C=O) groups excluding carboxylic acids is 1. The van der Waals surface area contributed by atoms with Crippen LogP contribution in [0.25, 0.3) is 6.08 Å². The Hall–Kier alpha value is -2.77. The molecule has 0 unspecified atom stereocenters. The molecule has 0 fully saturated rings. The second-order valence-electron chi connectivity index (χ2n) is 6.07. The van der Waals surface area contributed by atoms with Crippen LogP contribution < -0.4 is 0 Å². The summed E-state index contributed by atoms with van der Waals surface area (Å²) in [5.74, 6) is -0.480. The number of cyclic esters (lactones) is 1. The quantitative estimate of drug-likeness (QED) is 0.612. The summed E-state index contributed by atoms with van der Waals surface area (Å²) in [6, 6.07) is 13.8. The van der Waals surface area contributed by atoms with E-state index in [4.69, 9.17) is 4.74 Å². The van der Waals surface area contributed by atoms with Crippen molar-refractivity contribution < 1.29 is 17.9 Å². The average Bonchev–Trinajstić information content (AvgIpc) is 2.96. The highest BCUT2D eigenvalue weighted by Crippen LogP contribution is 2.22. The molecule has 0 spiro atoms. The van der Waals surface area contributed by atoms with Crippen molar-refractivity contribution in [1.29, 1.82) is 0 Å². The van der Waals surface area contributed by atoms with Crippen LogP contribution in [-0.2, 0) is 19.6 Å². The van der Waals surface area contributed by atoms with Crippen LogP contribution >= 0.6 is 0 Å². The average molecular weight is 370 g/mol. The largest absolute Gasteiger partial charge is 0.402 e. The summed E-state index contributed by atoms with van der Waals surface area (Å²) in [5, 5.41) is 0. The standard InChI is InChI=1S/C19H18N2O4S/c1-13-6-4-7-14(10-13)11-17-19(22)25-18(20-17)15-8-5-9-16(12-15)26(23,24)21(2)3/h4-12H,1-3H3/b17-11+. The SMILES string of the molecule is Cc1cccc(/C=C2/N=C(c3cccc(S(=O)(=O)N(C)C)c3)OC2=O)c1. The van der Waals surface area contributed by atoms with Crippen molar-refractivity contribution in [3.8, 4) is 0 Å². The third-order valence-corrected chi connectivity index (χ3v) is 5.64. The summed E-state index contributed by atoms with van der Waals surface area (Å²) in [5.41, 5.74) is 2.50. The molecule has 0 amide bonds. The Balaban J connectivity index is 1.97. The van der Waals surface area contributed by atoms with Crippen molar-refractivity contribution in [3.05, 3.63) is 70.9 Å². The van der Waals surface area contributed by atoms with Gasteiger partial charge in [0.15, 0.2) is 5.70 Å². The number of rotatable bonds is 4. The molecule has 0 radical (unpaired) electrons. The Kier molecular flexibility index (Phi) is 4.76. The first-order valence-electron chi connectivity index (χ1n) is 7.89. The zero-order valence-corrected chi connectivity index (χ0v) is 15.4. The van der Waals surface area contributed by atoms with Gasteiger partial charge in [0, 0.05) is 19.7 Å². The number of carbonyl (C=O) groups is 1. The van der Waals surface area contributed by atoms with Gasteiger partial charge in [-0.1, -0.05) is 35.9 Å². The van der Waals surface area contributed by atoms with E-state index >= 15 is 0 Å². The Morgan fingerprint density at radius 2 is 1.81 bits per heavy atom. The van der Waals surface area contributed by atoms with Crippen molar-refractivity contribution in [2.45, 2.75) is 11.8 Å². The number of sulfonamides is 1. The van der Waals surface area contributed by atoms with E-state index in [0.29, 0.717) is 5.56 Å². The number of hydrogen-bond donors (Lipinski definition) is 0. The Labute approximate surface area is 152 Å². The number of nitrogens with zero attached hydrogens (tertiary/aromatic N) is 2. The van der Waals surface area contributed by atoms with Crippen LogP contribution in [0.15, 0.2) is 64.1 Å². The second kappa shape index (κ2) is 6.86. The van der Waals surface area contributed by atoms with Gasteiger partial charge in [0.2, 0.25) is 15.9 Å². The molecule has 0 aliphatic carbocycles. The lowest BCUT2D eigenvalue weighted by molar-refractivity contribution is -0.129. The fourth-order valence-electron chi connectivity index (χ4n) is 2.45. The fraction of sp³-hybridized carbons (Fsp3) is 0.158. The molecule has 6 nitrogen and oxygen atoms in total. The van der Waals surface area contributed by atoms with Crippen molar-refractivity contribution in [1.82, 2.24) is 4.31 Å². The summed E-state index contributed by atoms with van der Waals surface area (Å²) in [4.78, 5) is 16.4. The predicted octanol–water partition coefficient (Wildman–Crippen LogP) is 2.59. The molecule has 0 N–H and O–H groups in total. The van der Waals surface area contributed by atoms with Gasteiger partial charge in [-0.25, -0.2) is 22.5 Å². The molecule has 3 rings (SSSR count). The third kappa shape index (κ3) is 3.58. The molecule has 1 aliphatic rings. The molecule has 1 aliphatic heterocycles. The monoisotopic (exact) mass is 370 g/mol. The molecule has 2 aromatic rings. The minimum absolute atomic E-state index is 0.0877. The van der Waals surface area contributed by atoms with E-state index in [0.717, 1.165) is 15.4 Å². The molecule has 26 heavy (non-hydrogen) atoms. The second-order valence-corrected chi connectivity index (χ2v) is 8.22. The lowest BCUT2D eigenvalue weighted by atomic mass is 10.1. The predicted molar refractivity (Wildman–Crippen MR) is 99.1 cm³/mol. The van der Waals surface area contributed by atoms with Crippen LogP contribution in [0.5, 0.6) is 0 Å². The molecule has 7 heteroatoms. The highest BCUT2D eigenvalue weighted by atomic mass is 32.2. The number of esters is 1. The summed E-state index contributed by atoms with van der Waals surface area (Å²) >= 11 is 0. The van der Waals surface area contributed by atoms with Gasteiger partial charge in [0.05, 0.1) is 4.90 Å². The lowest BCUT2D eigenvalue weighted by Crippen LogP contribution is -2.22. The van der Waals surface area contributed by atoms with Gasteiger partial charge < -0.3 is 4.74 Å². The molecule has 1 heterocycles. The van der Waals surface area contributed by atoms with E-state index in [1.807, 2.05) is 31.2 Å². The maximum atomic E-state index is 12.3. The van der Waals surface area contributed by atoms with Gasteiger partial charge in [-0.3, -0.25) is 0 Å². The van der Waals surface area contributed by atoms with Gasteiger partial charge in [0.1, 0.15) is 0 Å². The molecule has 134 valence electrons. The summed E-state index contributed by atoms with van der Waals surface area (Å²) in [7, 11) is -0.674. The fourth-order valence-corrected chi connectivity index (χ4v) is 3.40. The van der Waals surface area contributed by atoms with Gasteiger partial charge in [-0.05, 0) is 36.8 Å². The maximum absolute atomic E-state index is 12.3. The minimum Gasteiger partial charge on any atom is -0.402 e. The summed E-state index contributed by atoms with van der Waals surface area (Å²) in [6.45, 7) is 1.96. The van der Waals surface area contributed by atoms with Crippen LogP contribution in [0.2, 0.25) is 0 Å². The Morgan fingerprint density at radius 1 is 1.08 bits per heavy atom. The number of aliphatic imine (C=N–C) groups is 1. The Morgan fingerprint density at radius 3 is 2.50 bits per heavy atom. The molecule has 0 saturated heterocycles. The van der Waals surface area contributed by atoms with Crippen molar-refractivity contribution >= 4 is 28.0 Å². The van der Waals surface area contributed by atoms with Crippen molar-refractivity contribution in [2.24, 2.45) is 4.99 Å². The molecule has 0 atom stereocenters. The van der Waals surface area contributed by atoms with E-state index in [-0.39, 0.29) is 16.5 Å². The van der Waals surface area contributed by atoms with Crippen LogP contribution in [0, 0.1) is 6.92 Å². The van der Waals surface area contributed by atoms with Crippen LogP contribution in [-0.4, -0.2) is 38.7 Å². The summed E-state index contributed by atoms with van der Waals surface area (Å²) in [6.07, 6.45) is 1.64. The van der Waals surface area contributed by atoms with Crippen molar-refractivity contribution in [2.75, 3.05) is 14.1 Å². The summed E-state index contributed by atoms with van der Waals surface area (Å²) < 4.78 is 30.9. The first-order chi connectivity index (χ1) is 12.3. The molecule has 2 aromatic carbocycles.